The van der Waals surface area contributed by atoms with Gasteiger partial charge in [0, 0.05) is 28.8 Å². The van der Waals surface area contributed by atoms with Crippen LogP contribution in [0.1, 0.15) is 16.1 Å². The minimum Gasteiger partial charge on any atom is -0.293 e. The maximum atomic E-state index is 11.9. The highest BCUT2D eigenvalue weighted by molar-refractivity contribution is 8.01. The van der Waals surface area contributed by atoms with E-state index in [1.54, 1.807) is 0 Å². The van der Waals surface area contributed by atoms with E-state index < -0.39 is 4.92 Å². The molecule has 0 saturated heterocycles. The van der Waals surface area contributed by atoms with Crippen molar-refractivity contribution >= 4 is 34.6 Å². The van der Waals surface area contributed by atoms with Crippen LogP contribution < -0.4 is 0 Å². The second-order valence-corrected chi connectivity index (χ2v) is 5.85. The zero-order chi connectivity index (χ0) is 13.8. The second kappa shape index (κ2) is 5.94. The lowest BCUT2D eigenvalue weighted by atomic mass is 10.1. The fraction of sp³-hybridized carbons (Fsp3) is 0.167. The highest BCUT2D eigenvalue weighted by Gasteiger charge is 2.10. The molecule has 98 valence electrons. The molecule has 1 aromatic heterocycles. The molecule has 0 bridgehead atoms. The van der Waals surface area contributed by atoms with Crippen LogP contribution in [0.3, 0.4) is 0 Å². The number of hydrogen-bond acceptors (Lipinski definition) is 6. The molecular weight excluding hydrogens is 284 g/mol. The zero-order valence-corrected chi connectivity index (χ0v) is 11.7. The Labute approximate surface area is 117 Å². The summed E-state index contributed by atoms with van der Waals surface area (Å²) in [5, 5.41) is 12.4. The van der Waals surface area contributed by atoms with Gasteiger partial charge < -0.3 is 0 Å². The number of ketones is 1. The SMILES string of the molecule is Cc1csc(SCC(=O)c2ccc([N+](=O)[O-])cc2)n1. The Morgan fingerprint density at radius 3 is 2.63 bits per heavy atom. The van der Waals surface area contributed by atoms with E-state index >= 15 is 0 Å². The van der Waals surface area contributed by atoms with Crippen molar-refractivity contribution in [2.75, 3.05) is 5.75 Å². The second-order valence-electron chi connectivity index (χ2n) is 3.77. The van der Waals surface area contributed by atoms with Crippen LogP contribution in [-0.2, 0) is 0 Å². The third kappa shape index (κ3) is 3.62. The standard InChI is InChI=1S/C12H10N2O3S2/c1-8-6-18-12(13-8)19-7-11(15)9-2-4-10(5-3-9)14(16)17/h2-6H,7H2,1H3. The lowest BCUT2D eigenvalue weighted by Crippen LogP contribution is -2.02. The van der Waals surface area contributed by atoms with Crippen molar-refractivity contribution < 1.29 is 9.72 Å². The molecule has 7 heteroatoms. The summed E-state index contributed by atoms with van der Waals surface area (Å²) in [5.41, 5.74) is 1.40. The van der Waals surface area contributed by atoms with Crippen LogP contribution in [0.15, 0.2) is 34.0 Å². The van der Waals surface area contributed by atoms with Crippen molar-refractivity contribution in [3.63, 3.8) is 0 Å². The smallest absolute Gasteiger partial charge is 0.269 e. The summed E-state index contributed by atoms with van der Waals surface area (Å²) in [6, 6.07) is 5.64. The molecule has 5 nitrogen and oxygen atoms in total. The molecule has 0 unspecified atom stereocenters. The minimum atomic E-state index is -0.485. The Morgan fingerprint density at radius 1 is 1.42 bits per heavy atom. The third-order valence-electron chi connectivity index (χ3n) is 2.32. The summed E-state index contributed by atoms with van der Waals surface area (Å²) in [7, 11) is 0. The number of nitro benzene ring substituents is 1. The van der Waals surface area contributed by atoms with Crippen LogP contribution >= 0.6 is 23.1 Å². The molecule has 0 aliphatic carbocycles. The summed E-state index contributed by atoms with van der Waals surface area (Å²) < 4.78 is 0.854. The van der Waals surface area contributed by atoms with Crippen LogP contribution in [0, 0.1) is 17.0 Å². The van der Waals surface area contributed by atoms with Crippen molar-refractivity contribution in [1.82, 2.24) is 4.98 Å². The number of benzene rings is 1. The van der Waals surface area contributed by atoms with Crippen LogP contribution in [0.2, 0.25) is 0 Å². The predicted molar refractivity (Wildman–Crippen MR) is 75.0 cm³/mol. The number of nitro groups is 1. The largest absolute Gasteiger partial charge is 0.293 e. The number of carbonyl (C=O) groups excluding carboxylic acids is 1. The molecule has 0 atom stereocenters. The highest BCUT2D eigenvalue weighted by atomic mass is 32.2. The summed E-state index contributed by atoms with van der Waals surface area (Å²) >= 11 is 2.88. The summed E-state index contributed by atoms with van der Waals surface area (Å²) in [6.07, 6.45) is 0. The molecule has 0 N–H and O–H groups in total. The summed E-state index contributed by atoms with van der Waals surface area (Å²) in [4.78, 5) is 26.2. The van der Waals surface area contributed by atoms with Gasteiger partial charge in [-0.2, -0.15) is 0 Å². The molecule has 1 heterocycles. The van der Waals surface area contributed by atoms with E-state index in [2.05, 4.69) is 4.98 Å². The van der Waals surface area contributed by atoms with Gasteiger partial charge in [0.15, 0.2) is 10.1 Å². The van der Waals surface area contributed by atoms with Crippen molar-refractivity contribution in [3.8, 4) is 0 Å². The first-order valence-electron chi connectivity index (χ1n) is 5.39. The maximum Gasteiger partial charge on any atom is 0.269 e. The first kappa shape index (κ1) is 13.7. The molecule has 0 amide bonds. The fourth-order valence-corrected chi connectivity index (χ4v) is 3.12. The van der Waals surface area contributed by atoms with Crippen LogP contribution in [0.5, 0.6) is 0 Å². The number of aromatic nitrogens is 1. The molecule has 19 heavy (non-hydrogen) atoms. The molecule has 0 spiro atoms. The van der Waals surface area contributed by atoms with Crippen LogP contribution in [0.4, 0.5) is 5.69 Å². The van der Waals surface area contributed by atoms with E-state index in [9.17, 15) is 14.9 Å². The summed E-state index contributed by atoms with van der Waals surface area (Å²) in [5.74, 6) is 0.220. The number of rotatable bonds is 5. The molecule has 0 fully saturated rings. The Bertz CT molecular complexity index is 608. The van der Waals surface area contributed by atoms with E-state index in [0.29, 0.717) is 5.56 Å². The maximum absolute atomic E-state index is 11.9. The van der Waals surface area contributed by atoms with Gasteiger partial charge in [0.05, 0.1) is 10.7 Å². The predicted octanol–water partition coefficient (Wildman–Crippen LogP) is 3.33. The molecule has 2 aromatic rings. The topological polar surface area (TPSA) is 73.1 Å². The average molecular weight is 294 g/mol. The Hall–Kier alpha value is -1.73. The Kier molecular flexibility index (Phi) is 4.28. The van der Waals surface area contributed by atoms with Gasteiger partial charge in [-0.05, 0) is 19.1 Å². The molecule has 0 radical (unpaired) electrons. The number of thioether (sulfide) groups is 1. The van der Waals surface area contributed by atoms with Crippen molar-refractivity contribution in [1.29, 1.82) is 0 Å². The van der Waals surface area contributed by atoms with Crippen molar-refractivity contribution in [3.05, 3.63) is 51.0 Å². The lowest BCUT2D eigenvalue weighted by Gasteiger charge is -1.99. The van der Waals surface area contributed by atoms with Crippen LogP contribution in [0.25, 0.3) is 0 Å². The number of carbonyl (C=O) groups is 1. The van der Waals surface area contributed by atoms with E-state index in [1.165, 1.54) is 47.4 Å². The highest BCUT2D eigenvalue weighted by Crippen LogP contribution is 2.23. The number of aryl methyl sites for hydroxylation is 1. The van der Waals surface area contributed by atoms with Gasteiger partial charge in [-0.25, -0.2) is 4.98 Å². The fourth-order valence-electron chi connectivity index (χ4n) is 1.38. The van der Waals surface area contributed by atoms with E-state index in [4.69, 9.17) is 0 Å². The first-order chi connectivity index (χ1) is 9.06. The minimum absolute atomic E-state index is 0.0141. The van der Waals surface area contributed by atoms with Crippen molar-refractivity contribution in [2.24, 2.45) is 0 Å². The van der Waals surface area contributed by atoms with Crippen molar-refractivity contribution in [2.45, 2.75) is 11.3 Å². The van der Waals surface area contributed by atoms with Gasteiger partial charge in [0.2, 0.25) is 0 Å². The molecule has 0 saturated carbocycles. The normalized spacial score (nSPS) is 10.4. The monoisotopic (exact) mass is 294 g/mol. The lowest BCUT2D eigenvalue weighted by molar-refractivity contribution is -0.384. The molecule has 2 rings (SSSR count). The Balaban J connectivity index is 1.98. The van der Waals surface area contributed by atoms with Gasteiger partial charge in [0.25, 0.3) is 5.69 Å². The van der Waals surface area contributed by atoms with Gasteiger partial charge >= 0.3 is 0 Å². The number of nitrogens with zero attached hydrogens (tertiary/aromatic N) is 2. The number of thiazole rings is 1. The van der Waals surface area contributed by atoms with E-state index in [1.807, 2.05) is 12.3 Å². The molecule has 0 aliphatic heterocycles. The number of Topliss-reactive ketones (excluding diaryl/α,β-unsaturated/α-hetero) is 1. The van der Waals surface area contributed by atoms with Gasteiger partial charge in [-0.3, -0.25) is 14.9 Å². The zero-order valence-electron chi connectivity index (χ0n) is 10.0. The third-order valence-corrected chi connectivity index (χ3v) is 4.46. The van der Waals surface area contributed by atoms with Gasteiger partial charge in [0.1, 0.15) is 0 Å². The van der Waals surface area contributed by atoms with Crippen LogP contribution in [-0.4, -0.2) is 21.4 Å². The summed E-state index contributed by atoms with van der Waals surface area (Å²) in [6.45, 7) is 1.90. The Morgan fingerprint density at radius 2 is 2.11 bits per heavy atom. The molecule has 1 aromatic carbocycles. The van der Waals surface area contributed by atoms with E-state index in [0.717, 1.165) is 10.0 Å². The quantitative estimate of drug-likeness (QED) is 0.366. The first-order valence-corrected chi connectivity index (χ1v) is 7.25. The number of non-ortho nitro benzene ring substituents is 1. The average Bonchev–Trinajstić information content (AvgIpc) is 2.82. The molecule has 0 aliphatic rings. The number of hydrogen-bond donors (Lipinski definition) is 0. The molecular formula is C12H10N2O3S2. The van der Waals surface area contributed by atoms with E-state index in [-0.39, 0.29) is 17.2 Å². The van der Waals surface area contributed by atoms with Gasteiger partial charge in [-0.1, -0.05) is 11.8 Å². The van der Waals surface area contributed by atoms with Gasteiger partial charge in [-0.15, -0.1) is 11.3 Å².